The van der Waals surface area contributed by atoms with Crippen molar-refractivity contribution in [3.63, 3.8) is 0 Å². The Hall–Kier alpha value is -3.45. The van der Waals surface area contributed by atoms with Crippen molar-refractivity contribution in [3.05, 3.63) is 76.9 Å². The monoisotopic (exact) mass is 433 g/mol. The van der Waals surface area contributed by atoms with Crippen LogP contribution < -0.4 is 10.1 Å². The maximum atomic E-state index is 12.8. The van der Waals surface area contributed by atoms with Crippen LogP contribution in [-0.4, -0.2) is 22.5 Å². The van der Waals surface area contributed by atoms with Crippen LogP contribution in [0, 0.1) is 6.92 Å². The van der Waals surface area contributed by atoms with Crippen molar-refractivity contribution < 1.29 is 14.3 Å². The number of nitrogens with one attached hydrogen (secondary N) is 1. The molecule has 2 aromatic carbocycles. The maximum absolute atomic E-state index is 12.8. The molecule has 0 amide bonds. The van der Waals surface area contributed by atoms with Gasteiger partial charge in [0.15, 0.2) is 0 Å². The molecule has 0 aliphatic carbocycles. The number of anilines is 2. The van der Waals surface area contributed by atoms with Crippen molar-refractivity contribution in [1.29, 1.82) is 0 Å². The van der Waals surface area contributed by atoms with Gasteiger partial charge in [-0.15, -0.1) is 11.3 Å². The zero-order valence-electron chi connectivity index (χ0n) is 17.4. The van der Waals surface area contributed by atoms with E-state index in [9.17, 15) is 4.79 Å². The maximum Gasteiger partial charge on any atom is 0.349 e. The molecular weight excluding hydrogens is 410 g/mol. The molecule has 0 radical (unpaired) electrons. The SMILES string of the molecule is CCCOc1ccccc1Nc1ncnc2sc(C(=O)OCc3ccccc3)c(C)c12. The highest BCUT2D eigenvalue weighted by molar-refractivity contribution is 7.20. The highest BCUT2D eigenvalue weighted by atomic mass is 32.1. The highest BCUT2D eigenvalue weighted by Crippen LogP contribution is 2.36. The molecule has 0 aliphatic rings. The topological polar surface area (TPSA) is 73.3 Å². The number of nitrogens with zero attached hydrogens (tertiary/aromatic N) is 2. The number of hydrogen-bond acceptors (Lipinski definition) is 7. The number of aryl methyl sites for hydroxylation is 1. The number of hydrogen-bond donors (Lipinski definition) is 1. The Bertz CT molecular complexity index is 1190. The number of fused-ring (bicyclic) bond motifs is 1. The molecule has 1 N–H and O–H groups in total. The number of aromatic nitrogens is 2. The Morgan fingerprint density at radius 1 is 1.06 bits per heavy atom. The smallest absolute Gasteiger partial charge is 0.349 e. The summed E-state index contributed by atoms with van der Waals surface area (Å²) in [5, 5.41) is 4.16. The Labute approximate surface area is 184 Å². The number of para-hydroxylation sites is 2. The number of carbonyl (C=O) groups excluding carboxylic acids is 1. The van der Waals surface area contributed by atoms with E-state index in [2.05, 4.69) is 22.2 Å². The lowest BCUT2D eigenvalue weighted by Gasteiger charge is -2.13. The van der Waals surface area contributed by atoms with Crippen LogP contribution in [0.3, 0.4) is 0 Å². The quantitative estimate of drug-likeness (QED) is 0.349. The lowest BCUT2D eigenvalue weighted by atomic mass is 10.2. The van der Waals surface area contributed by atoms with E-state index in [1.807, 2.05) is 61.5 Å². The summed E-state index contributed by atoms with van der Waals surface area (Å²) < 4.78 is 11.4. The fourth-order valence-corrected chi connectivity index (χ4v) is 4.23. The first kappa shape index (κ1) is 20.8. The molecule has 4 rings (SSSR count). The van der Waals surface area contributed by atoms with Crippen molar-refractivity contribution in [3.8, 4) is 5.75 Å². The van der Waals surface area contributed by atoms with Crippen LogP contribution in [0.1, 0.15) is 34.1 Å². The third-order valence-corrected chi connectivity index (χ3v) is 5.91. The molecule has 4 aromatic rings. The van der Waals surface area contributed by atoms with Gasteiger partial charge in [0.2, 0.25) is 0 Å². The van der Waals surface area contributed by atoms with Gasteiger partial charge in [0.05, 0.1) is 17.7 Å². The average Bonchev–Trinajstić information content (AvgIpc) is 3.15. The third-order valence-electron chi connectivity index (χ3n) is 4.73. The fraction of sp³-hybridized carbons (Fsp3) is 0.208. The Kier molecular flexibility index (Phi) is 6.43. The van der Waals surface area contributed by atoms with Gasteiger partial charge >= 0.3 is 5.97 Å². The van der Waals surface area contributed by atoms with Crippen LogP contribution in [0.5, 0.6) is 5.75 Å². The molecule has 0 saturated carbocycles. The van der Waals surface area contributed by atoms with E-state index in [0.29, 0.717) is 17.3 Å². The second-order valence-corrected chi connectivity index (χ2v) is 7.99. The molecule has 0 unspecified atom stereocenters. The summed E-state index contributed by atoms with van der Waals surface area (Å²) in [6.45, 7) is 4.82. The molecule has 0 spiro atoms. The number of thiophene rings is 1. The van der Waals surface area contributed by atoms with Gasteiger partial charge in [-0.1, -0.05) is 49.4 Å². The fourth-order valence-electron chi connectivity index (χ4n) is 3.19. The predicted molar refractivity (Wildman–Crippen MR) is 123 cm³/mol. The zero-order valence-corrected chi connectivity index (χ0v) is 18.2. The largest absolute Gasteiger partial charge is 0.491 e. The van der Waals surface area contributed by atoms with Gasteiger partial charge in [-0.2, -0.15) is 0 Å². The van der Waals surface area contributed by atoms with Crippen molar-refractivity contribution in [1.82, 2.24) is 9.97 Å². The molecule has 0 bridgehead atoms. The zero-order chi connectivity index (χ0) is 21.6. The molecule has 0 aliphatic heterocycles. The first-order valence-corrected chi connectivity index (χ1v) is 10.9. The molecule has 6 nitrogen and oxygen atoms in total. The van der Waals surface area contributed by atoms with E-state index in [1.54, 1.807) is 0 Å². The summed E-state index contributed by atoms with van der Waals surface area (Å²) in [4.78, 5) is 22.8. The first-order valence-electron chi connectivity index (χ1n) is 10.1. The van der Waals surface area contributed by atoms with Gasteiger partial charge in [-0.3, -0.25) is 0 Å². The molecule has 0 atom stereocenters. The van der Waals surface area contributed by atoms with Crippen LogP contribution in [-0.2, 0) is 11.3 Å². The second-order valence-electron chi connectivity index (χ2n) is 6.99. The normalized spacial score (nSPS) is 10.8. The van der Waals surface area contributed by atoms with E-state index in [0.717, 1.165) is 39.2 Å². The Morgan fingerprint density at radius 2 is 1.84 bits per heavy atom. The number of benzene rings is 2. The second kappa shape index (κ2) is 9.57. The van der Waals surface area contributed by atoms with Gasteiger partial charge in [-0.25, -0.2) is 14.8 Å². The van der Waals surface area contributed by atoms with Gasteiger partial charge in [-0.05, 0) is 36.6 Å². The lowest BCUT2D eigenvalue weighted by Crippen LogP contribution is -2.05. The number of ether oxygens (including phenoxy) is 2. The third kappa shape index (κ3) is 4.67. The Morgan fingerprint density at radius 3 is 2.65 bits per heavy atom. The van der Waals surface area contributed by atoms with E-state index in [-0.39, 0.29) is 12.6 Å². The molecule has 158 valence electrons. The summed E-state index contributed by atoms with van der Waals surface area (Å²) in [7, 11) is 0. The Balaban J connectivity index is 1.61. The van der Waals surface area contributed by atoms with Crippen LogP contribution in [0.25, 0.3) is 10.2 Å². The van der Waals surface area contributed by atoms with E-state index in [4.69, 9.17) is 9.47 Å². The molecule has 7 heteroatoms. The number of carbonyl (C=O) groups is 1. The molecule has 0 fully saturated rings. The minimum Gasteiger partial charge on any atom is -0.491 e. The molecule has 31 heavy (non-hydrogen) atoms. The standard InChI is InChI=1S/C24H23N3O3S/c1-3-13-29-19-12-8-7-11-18(19)27-22-20-16(2)21(31-23(20)26-15-25-22)24(28)30-14-17-9-5-4-6-10-17/h4-12,15H,3,13-14H2,1-2H3,(H,25,26,27). The number of esters is 1. The van der Waals surface area contributed by atoms with Crippen LogP contribution in [0.2, 0.25) is 0 Å². The minimum absolute atomic E-state index is 0.228. The van der Waals surface area contributed by atoms with Gasteiger partial charge < -0.3 is 14.8 Å². The van der Waals surface area contributed by atoms with Gasteiger partial charge in [0.25, 0.3) is 0 Å². The molecular formula is C24H23N3O3S. The summed E-state index contributed by atoms with van der Waals surface area (Å²) >= 11 is 1.31. The minimum atomic E-state index is -0.359. The highest BCUT2D eigenvalue weighted by Gasteiger charge is 2.21. The van der Waals surface area contributed by atoms with Crippen molar-refractivity contribution >= 4 is 39.0 Å². The van der Waals surface area contributed by atoms with E-state index >= 15 is 0 Å². The summed E-state index contributed by atoms with van der Waals surface area (Å²) in [5.41, 5.74) is 2.56. The van der Waals surface area contributed by atoms with Crippen molar-refractivity contribution in [2.24, 2.45) is 0 Å². The number of rotatable bonds is 8. The molecule has 2 heterocycles. The van der Waals surface area contributed by atoms with Crippen molar-refractivity contribution in [2.75, 3.05) is 11.9 Å². The molecule has 0 saturated heterocycles. The first-order chi connectivity index (χ1) is 15.2. The van der Waals surface area contributed by atoms with Crippen LogP contribution in [0.4, 0.5) is 11.5 Å². The van der Waals surface area contributed by atoms with E-state index in [1.165, 1.54) is 17.7 Å². The van der Waals surface area contributed by atoms with Gasteiger partial charge in [0, 0.05) is 0 Å². The average molecular weight is 434 g/mol. The summed E-state index contributed by atoms with van der Waals surface area (Å²) in [6, 6.07) is 17.4. The summed E-state index contributed by atoms with van der Waals surface area (Å²) in [5.74, 6) is 1.03. The van der Waals surface area contributed by atoms with Gasteiger partial charge in [0.1, 0.15) is 34.2 Å². The lowest BCUT2D eigenvalue weighted by molar-refractivity contribution is 0.0478. The van der Waals surface area contributed by atoms with Crippen LogP contribution >= 0.6 is 11.3 Å². The van der Waals surface area contributed by atoms with Crippen molar-refractivity contribution in [2.45, 2.75) is 26.9 Å². The molecule has 2 aromatic heterocycles. The predicted octanol–water partition coefficient (Wildman–Crippen LogP) is 5.89. The van der Waals surface area contributed by atoms with E-state index < -0.39 is 0 Å². The summed E-state index contributed by atoms with van der Waals surface area (Å²) in [6.07, 6.45) is 2.42. The van der Waals surface area contributed by atoms with Crippen LogP contribution in [0.15, 0.2) is 60.9 Å².